The summed E-state index contributed by atoms with van der Waals surface area (Å²) in [5.74, 6) is -0.447. The zero-order valence-corrected chi connectivity index (χ0v) is 30.2. The summed E-state index contributed by atoms with van der Waals surface area (Å²) in [5, 5.41) is 6.49. The Morgan fingerprint density at radius 1 is 1.08 bits per heavy atom. The molecule has 3 amide bonds. The van der Waals surface area contributed by atoms with Crippen molar-refractivity contribution >= 4 is 29.1 Å². The van der Waals surface area contributed by atoms with Gasteiger partial charge in [-0.1, -0.05) is 36.7 Å². The molecule has 2 fully saturated rings. The first kappa shape index (κ1) is 35.1. The summed E-state index contributed by atoms with van der Waals surface area (Å²) < 4.78 is 20.8. The van der Waals surface area contributed by atoms with Crippen LogP contribution in [0.3, 0.4) is 0 Å². The van der Waals surface area contributed by atoms with Gasteiger partial charge in [0.05, 0.1) is 5.69 Å². The Kier molecular flexibility index (Phi) is 9.47. The summed E-state index contributed by atoms with van der Waals surface area (Å²) in [4.78, 5) is 44.9. The third-order valence-electron chi connectivity index (χ3n) is 11.2. The average molecular weight is 702 g/mol. The first-order valence-electron chi connectivity index (χ1n) is 18.2. The van der Waals surface area contributed by atoms with Gasteiger partial charge in [-0.15, -0.1) is 0 Å². The fraction of sp³-hybridized carbons (Fsp3) is 0.405. The van der Waals surface area contributed by atoms with Gasteiger partial charge < -0.3 is 19.2 Å². The molecule has 2 unspecified atom stereocenters. The second kappa shape index (κ2) is 14.0. The molecule has 0 spiro atoms. The molecule has 2 atom stereocenters. The number of nitrogens with one attached hydrogen (secondary N) is 1. The summed E-state index contributed by atoms with van der Waals surface area (Å²) in [7, 11) is 0. The number of hydrogen-bond donors (Lipinski definition) is 1. The number of aromatic nitrogens is 1. The number of benzene rings is 3. The lowest BCUT2D eigenvalue weighted by atomic mass is 9.95. The normalized spacial score (nSPS) is 18.2. The van der Waals surface area contributed by atoms with Crippen LogP contribution >= 0.6 is 0 Å². The van der Waals surface area contributed by atoms with Crippen LogP contribution in [0, 0.1) is 39.1 Å². The number of carbonyl (C=O) groups is 3. The molecule has 52 heavy (non-hydrogen) atoms. The fourth-order valence-electron chi connectivity index (χ4n) is 7.84. The van der Waals surface area contributed by atoms with Gasteiger partial charge in [0.15, 0.2) is 0 Å². The minimum absolute atomic E-state index is 0.177. The number of rotatable bonds is 12. The van der Waals surface area contributed by atoms with Crippen LogP contribution in [0.15, 0.2) is 59.1 Å². The molecule has 268 valence electrons. The van der Waals surface area contributed by atoms with Crippen LogP contribution < -0.4 is 10.2 Å². The molecular formula is C42H44FN5O4. The molecule has 1 aliphatic carbocycles. The van der Waals surface area contributed by atoms with Gasteiger partial charge in [-0.25, -0.2) is 11.0 Å². The van der Waals surface area contributed by atoms with Crippen LogP contribution in [-0.4, -0.2) is 40.4 Å². The Bertz CT molecular complexity index is 2070. The summed E-state index contributed by atoms with van der Waals surface area (Å²) in [6.45, 7) is 17.0. The number of piperidine rings is 1. The number of carbonyl (C=O) groups excluding carboxylic acids is 3. The molecule has 9 nitrogen and oxygen atoms in total. The number of nitrogens with zero attached hydrogens (tertiary/aromatic N) is 4. The third-order valence-corrected chi connectivity index (χ3v) is 11.2. The highest BCUT2D eigenvalue weighted by molar-refractivity contribution is 6.05. The Morgan fingerprint density at radius 2 is 1.85 bits per heavy atom. The monoisotopic (exact) mass is 701 g/mol. The van der Waals surface area contributed by atoms with Crippen molar-refractivity contribution in [2.45, 2.75) is 97.2 Å². The van der Waals surface area contributed by atoms with Crippen molar-refractivity contribution in [1.29, 1.82) is 0 Å². The van der Waals surface area contributed by atoms with Crippen molar-refractivity contribution in [2.24, 2.45) is 5.92 Å². The van der Waals surface area contributed by atoms with Gasteiger partial charge in [-0.3, -0.25) is 19.7 Å². The van der Waals surface area contributed by atoms with Gasteiger partial charge in [0, 0.05) is 60.4 Å². The Morgan fingerprint density at radius 3 is 2.52 bits per heavy atom. The highest BCUT2D eigenvalue weighted by Crippen LogP contribution is 2.50. The summed E-state index contributed by atoms with van der Waals surface area (Å²) in [6.07, 6.45) is 5.40. The van der Waals surface area contributed by atoms with Crippen LogP contribution in [0.25, 0.3) is 16.0 Å². The van der Waals surface area contributed by atoms with Crippen LogP contribution in [0.1, 0.15) is 95.9 Å². The standard InChI is InChI=1S/C42H44FN5O4/c1-25(7-6-8-29-21-31-24-48(41(51)34(31)23-35(29)43)36-15-16-38(49)45-40(36)50)17-20-47(33-13-11-32(12-14-33)42(44-5)18-19-42)37-22-30(10-9-26(37)2)39-27(3)46-52-28(39)4/h9-14,21-23,25,36H,6-8,15-20,24H2,1-4H3,(H,45,49,50). The van der Waals surface area contributed by atoms with E-state index in [2.05, 4.69) is 76.5 Å². The van der Waals surface area contributed by atoms with Crippen LogP contribution in [0.4, 0.5) is 15.8 Å². The van der Waals surface area contributed by atoms with Gasteiger partial charge in [-0.05, 0) is 111 Å². The lowest BCUT2D eigenvalue weighted by molar-refractivity contribution is -0.136. The van der Waals surface area contributed by atoms with E-state index in [-0.39, 0.29) is 36.7 Å². The van der Waals surface area contributed by atoms with Gasteiger partial charge >= 0.3 is 0 Å². The van der Waals surface area contributed by atoms with Gasteiger partial charge in [0.25, 0.3) is 11.4 Å². The van der Waals surface area contributed by atoms with E-state index >= 15 is 4.39 Å². The van der Waals surface area contributed by atoms with Gasteiger partial charge in [0.1, 0.15) is 17.6 Å². The van der Waals surface area contributed by atoms with E-state index in [9.17, 15) is 14.4 Å². The van der Waals surface area contributed by atoms with E-state index < -0.39 is 17.8 Å². The second-order valence-corrected chi connectivity index (χ2v) is 14.8. The number of anilines is 2. The van der Waals surface area contributed by atoms with Crippen molar-refractivity contribution < 1.29 is 23.3 Å². The number of fused-ring (bicyclic) bond motifs is 1. The predicted molar refractivity (Wildman–Crippen MR) is 196 cm³/mol. The molecule has 3 aromatic carbocycles. The topological polar surface area (TPSA) is 100 Å². The summed E-state index contributed by atoms with van der Waals surface area (Å²) in [6, 6.07) is 17.3. The lowest BCUT2D eigenvalue weighted by Gasteiger charge is -2.29. The Labute approximate surface area is 304 Å². The predicted octanol–water partition coefficient (Wildman–Crippen LogP) is 8.26. The third kappa shape index (κ3) is 6.72. The number of amides is 3. The molecular weight excluding hydrogens is 657 g/mol. The van der Waals surface area contributed by atoms with E-state index in [4.69, 9.17) is 11.1 Å². The number of aryl methyl sites for hydroxylation is 4. The molecule has 3 heterocycles. The SMILES string of the molecule is [C-]#[N+]C1(c2ccc(N(CCC(C)CCCc3cc4c(cc3F)C(=O)N(C3CCC(=O)NC3=O)C4)c3cc(-c4c(C)noc4C)ccc3C)cc2)CC1. The average Bonchev–Trinajstić information content (AvgIpc) is 3.78. The molecule has 3 aliphatic rings. The van der Waals surface area contributed by atoms with Gasteiger partial charge in [-0.2, -0.15) is 0 Å². The number of halogens is 1. The maximum absolute atomic E-state index is 15.3. The maximum Gasteiger partial charge on any atom is 0.258 e. The van der Waals surface area contributed by atoms with E-state index in [0.29, 0.717) is 23.5 Å². The van der Waals surface area contributed by atoms with E-state index in [0.717, 1.165) is 89.3 Å². The molecule has 0 radical (unpaired) electrons. The minimum Gasteiger partial charge on any atom is -0.361 e. The highest BCUT2D eigenvalue weighted by Gasteiger charge is 2.52. The molecule has 1 N–H and O–H groups in total. The fourth-order valence-corrected chi connectivity index (χ4v) is 7.84. The molecule has 4 aromatic rings. The summed E-state index contributed by atoms with van der Waals surface area (Å²) in [5.41, 5.74) is 8.52. The molecule has 1 aromatic heterocycles. The largest absolute Gasteiger partial charge is 0.361 e. The van der Waals surface area contributed by atoms with Crippen LogP contribution in [-0.2, 0) is 28.1 Å². The molecule has 10 heteroatoms. The van der Waals surface area contributed by atoms with Crippen molar-refractivity contribution in [3.63, 3.8) is 0 Å². The Hall–Kier alpha value is -5.30. The minimum atomic E-state index is -0.724. The van der Waals surface area contributed by atoms with Crippen molar-refractivity contribution in [2.75, 3.05) is 11.4 Å². The van der Waals surface area contributed by atoms with Crippen LogP contribution in [0.2, 0.25) is 0 Å². The second-order valence-electron chi connectivity index (χ2n) is 14.8. The highest BCUT2D eigenvalue weighted by atomic mass is 19.1. The van der Waals surface area contributed by atoms with E-state index in [1.807, 2.05) is 13.8 Å². The van der Waals surface area contributed by atoms with E-state index in [1.165, 1.54) is 11.0 Å². The smallest absolute Gasteiger partial charge is 0.258 e. The zero-order valence-electron chi connectivity index (χ0n) is 30.2. The number of imide groups is 1. The van der Waals surface area contributed by atoms with Crippen molar-refractivity contribution in [3.05, 3.63) is 111 Å². The first-order valence-corrected chi connectivity index (χ1v) is 18.2. The molecule has 0 bridgehead atoms. The first-order chi connectivity index (χ1) is 25.0. The quantitative estimate of drug-likeness (QED) is 0.118. The summed E-state index contributed by atoms with van der Waals surface area (Å²) >= 11 is 0. The van der Waals surface area contributed by atoms with E-state index in [1.54, 1.807) is 6.07 Å². The van der Waals surface area contributed by atoms with Crippen molar-refractivity contribution in [1.82, 2.24) is 15.4 Å². The zero-order chi connectivity index (χ0) is 36.7. The van der Waals surface area contributed by atoms with Gasteiger partial charge in [0.2, 0.25) is 11.8 Å². The number of hydrogen-bond acceptors (Lipinski definition) is 6. The molecule has 1 saturated carbocycles. The Balaban J connectivity index is 1.04. The molecule has 7 rings (SSSR count). The molecule has 1 saturated heterocycles. The molecule has 2 aliphatic heterocycles. The lowest BCUT2D eigenvalue weighted by Crippen LogP contribution is -2.52. The van der Waals surface area contributed by atoms with Crippen LogP contribution in [0.5, 0.6) is 0 Å². The van der Waals surface area contributed by atoms with Crippen molar-refractivity contribution in [3.8, 4) is 11.1 Å². The maximum atomic E-state index is 15.3.